The quantitative estimate of drug-likeness (QED) is 0.724. The third-order valence-electron chi connectivity index (χ3n) is 4.06. The lowest BCUT2D eigenvalue weighted by molar-refractivity contribution is -0.117. The second kappa shape index (κ2) is 9.29. The van der Waals surface area contributed by atoms with Gasteiger partial charge in [-0.15, -0.1) is 11.3 Å². The number of hydrogen-bond donors (Lipinski definition) is 1. The Morgan fingerprint density at radius 3 is 2.68 bits per heavy atom. The van der Waals surface area contributed by atoms with Crippen molar-refractivity contribution in [2.24, 2.45) is 0 Å². The summed E-state index contributed by atoms with van der Waals surface area (Å²) in [6.07, 6.45) is 3.45. The SMILES string of the molecule is O=C(/C=C/c1ccc(Br)s1)NC(CN1CCOCC1)c1ccccc1. The van der Waals surface area contributed by atoms with Crippen LogP contribution in [0.3, 0.4) is 0 Å². The fourth-order valence-corrected chi connectivity index (χ4v) is 4.08. The number of carbonyl (C=O) groups excluding carboxylic acids is 1. The second-order valence-corrected chi connectivity index (χ2v) is 8.35. The number of nitrogens with zero attached hydrogens (tertiary/aromatic N) is 1. The first-order valence-electron chi connectivity index (χ1n) is 8.30. The van der Waals surface area contributed by atoms with Crippen LogP contribution in [0.15, 0.2) is 52.3 Å². The van der Waals surface area contributed by atoms with E-state index >= 15 is 0 Å². The number of halogens is 1. The summed E-state index contributed by atoms with van der Waals surface area (Å²) in [5.74, 6) is -0.0772. The highest BCUT2D eigenvalue weighted by atomic mass is 79.9. The molecule has 1 aromatic heterocycles. The van der Waals surface area contributed by atoms with Crippen LogP contribution in [-0.4, -0.2) is 43.7 Å². The van der Waals surface area contributed by atoms with Crippen LogP contribution in [0.25, 0.3) is 6.08 Å². The third-order valence-corrected chi connectivity index (χ3v) is 5.64. The number of carbonyl (C=O) groups is 1. The van der Waals surface area contributed by atoms with Crippen LogP contribution >= 0.6 is 27.3 Å². The molecule has 1 unspecified atom stereocenters. The zero-order valence-corrected chi connectivity index (χ0v) is 16.3. The van der Waals surface area contributed by atoms with Gasteiger partial charge in [0.25, 0.3) is 0 Å². The molecule has 1 amide bonds. The number of rotatable bonds is 6. The van der Waals surface area contributed by atoms with Gasteiger partial charge >= 0.3 is 0 Å². The Balaban J connectivity index is 1.66. The fourth-order valence-electron chi connectivity index (χ4n) is 2.76. The molecule has 1 aliphatic heterocycles. The predicted octanol–water partition coefficient (Wildman–Crippen LogP) is 3.71. The molecule has 2 aromatic rings. The lowest BCUT2D eigenvalue weighted by atomic mass is 10.1. The number of amides is 1. The average Bonchev–Trinajstić information content (AvgIpc) is 3.06. The Bertz CT molecular complexity index is 711. The van der Waals surface area contributed by atoms with Crippen molar-refractivity contribution in [3.63, 3.8) is 0 Å². The molecular formula is C19H21BrN2O2S. The molecule has 0 saturated carbocycles. The minimum atomic E-state index is -0.0772. The smallest absolute Gasteiger partial charge is 0.244 e. The standard InChI is InChI=1S/C19H21BrN2O2S/c20-18-8-6-16(25-18)7-9-19(23)21-17(15-4-2-1-3-5-15)14-22-10-12-24-13-11-22/h1-9,17H,10-14H2,(H,21,23)/b9-7+. The maximum Gasteiger partial charge on any atom is 0.244 e. The average molecular weight is 421 g/mol. The van der Waals surface area contributed by atoms with Crippen LogP contribution < -0.4 is 5.32 Å². The van der Waals surface area contributed by atoms with E-state index in [-0.39, 0.29) is 11.9 Å². The number of hydrogen-bond acceptors (Lipinski definition) is 4. The highest BCUT2D eigenvalue weighted by Gasteiger charge is 2.19. The Morgan fingerprint density at radius 2 is 2.00 bits per heavy atom. The maximum atomic E-state index is 12.4. The van der Waals surface area contributed by atoms with Gasteiger partial charge in [-0.3, -0.25) is 9.69 Å². The number of nitrogens with one attached hydrogen (secondary N) is 1. The Labute approximate surface area is 160 Å². The van der Waals surface area contributed by atoms with E-state index in [0.29, 0.717) is 0 Å². The molecule has 2 heterocycles. The number of benzene rings is 1. The summed E-state index contributed by atoms with van der Waals surface area (Å²) in [5.41, 5.74) is 1.12. The van der Waals surface area contributed by atoms with Crippen molar-refractivity contribution in [1.82, 2.24) is 10.2 Å². The second-order valence-electron chi connectivity index (χ2n) is 5.86. The number of thiophene rings is 1. The minimum Gasteiger partial charge on any atom is -0.379 e. The molecule has 0 aliphatic carbocycles. The first-order valence-corrected chi connectivity index (χ1v) is 9.90. The molecule has 1 aliphatic rings. The van der Waals surface area contributed by atoms with Crippen LogP contribution in [0.4, 0.5) is 0 Å². The van der Waals surface area contributed by atoms with Gasteiger partial charge in [-0.25, -0.2) is 0 Å². The molecule has 1 aromatic carbocycles. The van der Waals surface area contributed by atoms with Crippen molar-refractivity contribution in [3.05, 3.63) is 62.8 Å². The molecule has 0 radical (unpaired) electrons. The molecule has 6 heteroatoms. The lowest BCUT2D eigenvalue weighted by Gasteiger charge is -2.31. The van der Waals surface area contributed by atoms with Gasteiger partial charge in [0.15, 0.2) is 0 Å². The molecule has 132 valence electrons. The monoisotopic (exact) mass is 420 g/mol. The Kier molecular flexibility index (Phi) is 6.81. The highest BCUT2D eigenvalue weighted by Crippen LogP contribution is 2.23. The van der Waals surface area contributed by atoms with Crippen LogP contribution in [0, 0.1) is 0 Å². The molecule has 25 heavy (non-hydrogen) atoms. The zero-order valence-electron chi connectivity index (χ0n) is 13.9. The fraction of sp³-hybridized carbons (Fsp3) is 0.316. The van der Waals surface area contributed by atoms with Crippen LogP contribution in [-0.2, 0) is 9.53 Å². The summed E-state index contributed by atoms with van der Waals surface area (Å²) in [5, 5.41) is 3.14. The van der Waals surface area contributed by atoms with Gasteiger partial charge in [0.2, 0.25) is 5.91 Å². The maximum absolute atomic E-state index is 12.4. The van der Waals surface area contributed by atoms with Crippen LogP contribution in [0.2, 0.25) is 0 Å². The van der Waals surface area contributed by atoms with Crippen molar-refractivity contribution >= 4 is 39.2 Å². The van der Waals surface area contributed by atoms with Gasteiger partial charge in [-0.05, 0) is 39.7 Å². The van der Waals surface area contributed by atoms with Crippen LogP contribution in [0.1, 0.15) is 16.5 Å². The first-order chi connectivity index (χ1) is 12.2. The Morgan fingerprint density at radius 1 is 1.24 bits per heavy atom. The topological polar surface area (TPSA) is 41.6 Å². The molecule has 3 rings (SSSR count). The molecule has 1 N–H and O–H groups in total. The van der Waals surface area contributed by atoms with E-state index in [9.17, 15) is 4.79 Å². The largest absolute Gasteiger partial charge is 0.379 e. The minimum absolute atomic E-state index is 0.0356. The van der Waals surface area contributed by atoms with Crippen molar-refractivity contribution in [1.29, 1.82) is 0 Å². The van der Waals surface area contributed by atoms with Crippen molar-refractivity contribution < 1.29 is 9.53 Å². The lowest BCUT2D eigenvalue weighted by Crippen LogP contribution is -2.42. The summed E-state index contributed by atoms with van der Waals surface area (Å²) in [4.78, 5) is 15.8. The van der Waals surface area contributed by atoms with Crippen molar-refractivity contribution in [2.75, 3.05) is 32.8 Å². The van der Waals surface area contributed by atoms with E-state index in [1.165, 1.54) is 0 Å². The van der Waals surface area contributed by atoms with Crippen LogP contribution in [0.5, 0.6) is 0 Å². The molecular weight excluding hydrogens is 400 g/mol. The number of ether oxygens (including phenoxy) is 1. The normalized spacial score (nSPS) is 16.8. The van der Waals surface area contributed by atoms with E-state index in [0.717, 1.165) is 47.1 Å². The molecule has 1 atom stereocenters. The van der Waals surface area contributed by atoms with E-state index in [2.05, 4.69) is 38.3 Å². The number of morpholine rings is 1. The van der Waals surface area contributed by atoms with Crippen molar-refractivity contribution in [2.45, 2.75) is 6.04 Å². The van der Waals surface area contributed by atoms with Gasteiger partial charge in [0.1, 0.15) is 0 Å². The van der Waals surface area contributed by atoms with E-state index in [1.54, 1.807) is 17.4 Å². The van der Waals surface area contributed by atoms with E-state index < -0.39 is 0 Å². The summed E-state index contributed by atoms with van der Waals surface area (Å²) < 4.78 is 6.47. The molecule has 1 fully saturated rings. The van der Waals surface area contributed by atoms with Gasteiger partial charge in [0.05, 0.1) is 23.0 Å². The first kappa shape index (κ1) is 18.3. The zero-order chi connectivity index (χ0) is 17.5. The van der Waals surface area contributed by atoms with Gasteiger partial charge in [0, 0.05) is 30.6 Å². The van der Waals surface area contributed by atoms with Gasteiger partial charge in [-0.1, -0.05) is 30.3 Å². The Hall–Kier alpha value is -1.47. The highest BCUT2D eigenvalue weighted by molar-refractivity contribution is 9.11. The van der Waals surface area contributed by atoms with E-state index in [1.807, 2.05) is 36.4 Å². The summed E-state index contributed by atoms with van der Waals surface area (Å²) in [6.45, 7) is 4.10. The predicted molar refractivity (Wildman–Crippen MR) is 106 cm³/mol. The molecule has 0 spiro atoms. The summed E-state index contributed by atoms with van der Waals surface area (Å²) in [7, 11) is 0. The van der Waals surface area contributed by atoms with Crippen molar-refractivity contribution in [3.8, 4) is 0 Å². The molecule has 1 saturated heterocycles. The third kappa shape index (κ3) is 5.78. The van der Waals surface area contributed by atoms with Gasteiger partial charge in [-0.2, -0.15) is 0 Å². The molecule has 0 bridgehead atoms. The van der Waals surface area contributed by atoms with Gasteiger partial charge < -0.3 is 10.1 Å². The van der Waals surface area contributed by atoms with E-state index in [4.69, 9.17) is 4.74 Å². The summed E-state index contributed by atoms with van der Waals surface area (Å²) >= 11 is 5.03. The summed E-state index contributed by atoms with van der Waals surface area (Å²) in [6, 6.07) is 14.1. The molecule has 4 nitrogen and oxygen atoms in total.